The summed E-state index contributed by atoms with van der Waals surface area (Å²) in [7, 11) is 0. The van der Waals surface area contributed by atoms with Crippen molar-refractivity contribution in [3.63, 3.8) is 0 Å². The van der Waals surface area contributed by atoms with Gasteiger partial charge in [0.2, 0.25) is 0 Å². The minimum Gasteiger partial charge on any atom is -0.494 e. The van der Waals surface area contributed by atoms with Crippen LogP contribution in [0.5, 0.6) is 5.75 Å². The van der Waals surface area contributed by atoms with Gasteiger partial charge in [-0.1, -0.05) is 0 Å². The van der Waals surface area contributed by atoms with Gasteiger partial charge in [-0.15, -0.1) is 0 Å². The van der Waals surface area contributed by atoms with Crippen LogP contribution in [0, 0.1) is 23.2 Å². The Bertz CT molecular complexity index is 571. The predicted molar refractivity (Wildman–Crippen MR) is 95.1 cm³/mol. The van der Waals surface area contributed by atoms with E-state index >= 15 is 0 Å². The van der Waals surface area contributed by atoms with E-state index < -0.39 is 0 Å². The van der Waals surface area contributed by atoms with Gasteiger partial charge in [0.25, 0.3) is 5.91 Å². The van der Waals surface area contributed by atoms with Crippen LogP contribution in [0.2, 0.25) is 0 Å². The Hall–Kier alpha value is -1.51. The SMILES string of the molecule is CCOc1ccc(C(=O)N[C@@H](C)C23CC4CC(CC(C4)C2)C3)cc1. The highest BCUT2D eigenvalue weighted by Gasteiger charge is 2.53. The van der Waals surface area contributed by atoms with E-state index in [2.05, 4.69) is 12.2 Å². The summed E-state index contributed by atoms with van der Waals surface area (Å²) in [6.45, 7) is 4.85. The molecule has 4 fully saturated rings. The summed E-state index contributed by atoms with van der Waals surface area (Å²) < 4.78 is 5.45. The third-order valence-electron chi connectivity index (χ3n) is 6.78. The van der Waals surface area contributed by atoms with Gasteiger partial charge in [-0.25, -0.2) is 0 Å². The maximum absolute atomic E-state index is 12.7. The smallest absolute Gasteiger partial charge is 0.251 e. The largest absolute Gasteiger partial charge is 0.494 e. The number of ether oxygens (including phenoxy) is 1. The van der Waals surface area contributed by atoms with E-state index in [0.29, 0.717) is 12.0 Å². The molecule has 0 radical (unpaired) electrons. The topological polar surface area (TPSA) is 38.3 Å². The number of carbonyl (C=O) groups excluding carboxylic acids is 1. The number of rotatable bonds is 5. The summed E-state index contributed by atoms with van der Waals surface area (Å²) >= 11 is 0. The van der Waals surface area contributed by atoms with Crippen LogP contribution < -0.4 is 10.1 Å². The molecule has 4 aliphatic rings. The molecule has 3 nitrogen and oxygen atoms in total. The highest BCUT2D eigenvalue weighted by atomic mass is 16.5. The zero-order chi connectivity index (χ0) is 16.7. The summed E-state index contributed by atoms with van der Waals surface area (Å²) in [6.07, 6.45) is 8.30. The molecule has 4 bridgehead atoms. The minimum atomic E-state index is 0.0568. The zero-order valence-corrected chi connectivity index (χ0v) is 14.9. The standard InChI is InChI=1S/C21H29NO2/c1-3-24-19-6-4-18(5-7-19)20(23)22-14(2)21-11-15-8-16(12-21)10-17(9-15)13-21/h4-7,14-17H,3,8-13H2,1-2H3,(H,22,23)/t14-,15?,16?,17?,21?/m0/s1. The third kappa shape index (κ3) is 2.82. The van der Waals surface area contributed by atoms with Crippen LogP contribution in [0.15, 0.2) is 24.3 Å². The number of hydrogen-bond donors (Lipinski definition) is 1. The van der Waals surface area contributed by atoms with E-state index in [0.717, 1.165) is 29.1 Å². The van der Waals surface area contributed by atoms with Gasteiger partial charge in [-0.05, 0) is 99.8 Å². The van der Waals surface area contributed by atoms with Gasteiger partial charge in [0.05, 0.1) is 6.61 Å². The lowest BCUT2D eigenvalue weighted by Crippen LogP contribution is -2.55. The molecule has 4 aliphatic carbocycles. The zero-order valence-electron chi connectivity index (χ0n) is 14.9. The summed E-state index contributed by atoms with van der Waals surface area (Å²) in [5, 5.41) is 3.32. The molecule has 0 unspecified atom stereocenters. The fraction of sp³-hybridized carbons (Fsp3) is 0.667. The van der Waals surface area contributed by atoms with Crippen LogP contribution in [0.3, 0.4) is 0 Å². The Morgan fingerprint density at radius 3 is 2.17 bits per heavy atom. The fourth-order valence-corrected chi connectivity index (χ4v) is 6.01. The quantitative estimate of drug-likeness (QED) is 0.869. The van der Waals surface area contributed by atoms with Crippen molar-refractivity contribution in [2.45, 2.75) is 58.4 Å². The molecule has 1 amide bonds. The van der Waals surface area contributed by atoms with Crippen molar-refractivity contribution in [1.82, 2.24) is 5.32 Å². The lowest BCUT2D eigenvalue weighted by Gasteiger charge is -2.59. The third-order valence-corrected chi connectivity index (χ3v) is 6.78. The monoisotopic (exact) mass is 327 g/mol. The number of carbonyl (C=O) groups is 1. The van der Waals surface area contributed by atoms with E-state index in [-0.39, 0.29) is 11.9 Å². The number of nitrogens with one attached hydrogen (secondary N) is 1. The molecular formula is C21H29NO2. The fourth-order valence-electron chi connectivity index (χ4n) is 6.01. The molecule has 1 N–H and O–H groups in total. The predicted octanol–water partition coefficient (Wildman–Crippen LogP) is 4.42. The van der Waals surface area contributed by atoms with Crippen molar-refractivity contribution in [2.75, 3.05) is 6.61 Å². The molecule has 0 spiro atoms. The van der Waals surface area contributed by atoms with E-state index in [4.69, 9.17) is 4.74 Å². The van der Waals surface area contributed by atoms with Crippen molar-refractivity contribution in [1.29, 1.82) is 0 Å². The van der Waals surface area contributed by atoms with E-state index in [1.165, 1.54) is 38.5 Å². The number of amides is 1. The van der Waals surface area contributed by atoms with E-state index in [9.17, 15) is 4.79 Å². The summed E-state index contributed by atoms with van der Waals surface area (Å²) in [6, 6.07) is 7.77. The van der Waals surface area contributed by atoms with Crippen LogP contribution >= 0.6 is 0 Å². The summed E-state index contributed by atoms with van der Waals surface area (Å²) in [5.74, 6) is 3.63. The highest BCUT2D eigenvalue weighted by molar-refractivity contribution is 5.94. The highest BCUT2D eigenvalue weighted by Crippen LogP contribution is 2.61. The first-order chi connectivity index (χ1) is 11.6. The number of benzene rings is 1. The molecule has 0 saturated heterocycles. The van der Waals surface area contributed by atoms with Crippen molar-refractivity contribution < 1.29 is 9.53 Å². The molecular weight excluding hydrogens is 298 g/mol. The molecule has 1 atom stereocenters. The molecule has 0 aromatic heterocycles. The first-order valence-corrected chi connectivity index (χ1v) is 9.61. The average molecular weight is 327 g/mol. The van der Waals surface area contributed by atoms with E-state index in [1.807, 2.05) is 31.2 Å². The Balaban J connectivity index is 1.44. The van der Waals surface area contributed by atoms with Crippen LogP contribution in [0.25, 0.3) is 0 Å². The molecule has 24 heavy (non-hydrogen) atoms. The van der Waals surface area contributed by atoms with E-state index in [1.54, 1.807) is 0 Å². The van der Waals surface area contributed by atoms with Gasteiger partial charge in [-0.3, -0.25) is 4.79 Å². The van der Waals surface area contributed by atoms with Gasteiger partial charge in [0.15, 0.2) is 0 Å². The van der Waals surface area contributed by atoms with Crippen molar-refractivity contribution in [3.05, 3.63) is 29.8 Å². The second kappa shape index (κ2) is 6.09. The second-order valence-corrected chi connectivity index (χ2v) is 8.43. The first-order valence-electron chi connectivity index (χ1n) is 9.61. The lowest BCUT2D eigenvalue weighted by atomic mass is 9.48. The Labute approximate surface area is 145 Å². The van der Waals surface area contributed by atoms with Crippen LogP contribution in [0.1, 0.15) is 62.7 Å². The molecule has 0 heterocycles. The van der Waals surface area contributed by atoms with Gasteiger partial charge in [0.1, 0.15) is 5.75 Å². The molecule has 0 aliphatic heterocycles. The Kier molecular flexibility index (Phi) is 4.06. The van der Waals surface area contributed by atoms with Gasteiger partial charge in [0, 0.05) is 11.6 Å². The maximum Gasteiger partial charge on any atom is 0.251 e. The van der Waals surface area contributed by atoms with Crippen molar-refractivity contribution >= 4 is 5.91 Å². The van der Waals surface area contributed by atoms with Crippen molar-refractivity contribution in [3.8, 4) is 5.75 Å². The van der Waals surface area contributed by atoms with Crippen LogP contribution in [0.4, 0.5) is 0 Å². The first kappa shape index (κ1) is 16.0. The minimum absolute atomic E-state index is 0.0568. The van der Waals surface area contributed by atoms with Gasteiger partial charge < -0.3 is 10.1 Å². The average Bonchev–Trinajstić information content (AvgIpc) is 2.54. The Morgan fingerprint density at radius 2 is 1.67 bits per heavy atom. The molecule has 3 heteroatoms. The van der Waals surface area contributed by atoms with Crippen molar-refractivity contribution in [2.24, 2.45) is 23.2 Å². The van der Waals surface area contributed by atoms with Gasteiger partial charge in [-0.2, -0.15) is 0 Å². The van der Waals surface area contributed by atoms with Crippen LogP contribution in [-0.4, -0.2) is 18.6 Å². The maximum atomic E-state index is 12.7. The molecule has 1 aromatic rings. The second-order valence-electron chi connectivity index (χ2n) is 8.43. The lowest BCUT2D eigenvalue weighted by molar-refractivity contribution is -0.0688. The molecule has 4 saturated carbocycles. The van der Waals surface area contributed by atoms with Crippen LogP contribution in [-0.2, 0) is 0 Å². The molecule has 130 valence electrons. The Morgan fingerprint density at radius 1 is 1.12 bits per heavy atom. The molecule has 1 aromatic carbocycles. The normalized spacial score (nSPS) is 34.8. The summed E-state index contributed by atoms with van der Waals surface area (Å²) in [4.78, 5) is 12.7. The number of hydrogen-bond acceptors (Lipinski definition) is 2. The molecule has 5 rings (SSSR count). The van der Waals surface area contributed by atoms with Gasteiger partial charge >= 0.3 is 0 Å². The summed E-state index contributed by atoms with van der Waals surface area (Å²) in [5.41, 5.74) is 1.09.